The number of hydrogen-bond donors (Lipinski definition) is 3. The Hall–Kier alpha value is -0.900. The van der Waals surface area contributed by atoms with E-state index in [0.29, 0.717) is 6.54 Å². The molecule has 21 heavy (non-hydrogen) atoms. The van der Waals surface area contributed by atoms with Gasteiger partial charge in [-0.25, -0.2) is 0 Å². The summed E-state index contributed by atoms with van der Waals surface area (Å²) >= 11 is 0. The van der Waals surface area contributed by atoms with Gasteiger partial charge in [0.05, 0.1) is 0 Å². The average Bonchev–Trinajstić information content (AvgIpc) is 3.10. The fourth-order valence-corrected chi connectivity index (χ4v) is 3.74. The van der Waals surface area contributed by atoms with Gasteiger partial charge in [-0.15, -0.1) is 0 Å². The van der Waals surface area contributed by atoms with Crippen LogP contribution in [0.25, 0.3) is 0 Å². The molecule has 3 heteroatoms. The molecule has 4 rings (SSSR count). The summed E-state index contributed by atoms with van der Waals surface area (Å²) < 4.78 is 0. The van der Waals surface area contributed by atoms with Crippen LogP contribution in [0.3, 0.4) is 0 Å². The zero-order chi connectivity index (χ0) is 13.8. The van der Waals surface area contributed by atoms with Crippen LogP contribution in [0.5, 0.6) is 0 Å². The lowest BCUT2D eigenvalue weighted by atomic mass is 9.78. The van der Waals surface area contributed by atoms with Gasteiger partial charge in [0.2, 0.25) is 0 Å². The first-order valence-electron chi connectivity index (χ1n) is 8.09. The molecule has 124 valence electrons. The maximum Gasteiger partial charge on any atom is 0.0205 e. The van der Waals surface area contributed by atoms with E-state index in [1.165, 1.54) is 36.8 Å². The van der Waals surface area contributed by atoms with E-state index in [2.05, 4.69) is 34.9 Å². The largest absolute Gasteiger partial charge is 0.326 e. The van der Waals surface area contributed by atoms with Crippen molar-refractivity contribution >= 4 is 0 Å². The summed E-state index contributed by atoms with van der Waals surface area (Å²) in [6.45, 7) is 3.84. The van der Waals surface area contributed by atoms with E-state index in [1.807, 2.05) is 0 Å². The van der Waals surface area contributed by atoms with Crippen LogP contribution in [0, 0.1) is 11.8 Å². The van der Waals surface area contributed by atoms with Crippen LogP contribution in [0.1, 0.15) is 48.5 Å². The minimum atomic E-state index is 0. The molecule has 0 aromatic heterocycles. The Balaban J connectivity index is 0. The number of benzene rings is 1. The van der Waals surface area contributed by atoms with Gasteiger partial charge >= 0.3 is 0 Å². The molecule has 0 spiro atoms. The van der Waals surface area contributed by atoms with Crippen LogP contribution in [-0.4, -0.2) is 19.1 Å². The monoisotopic (exact) mass is 295 g/mol. The first kappa shape index (κ1) is 16.5. The summed E-state index contributed by atoms with van der Waals surface area (Å²) in [4.78, 5) is 0. The molecule has 3 aliphatic carbocycles. The minimum absolute atomic E-state index is 0. The predicted octanol–water partition coefficient (Wildman–Crippen LogP) is 3.39. The fraction of sp³-hybridized carbons (Fsp3) is 0.667. The highest BCUT2D eigenvalue weighted by Crippen LogP contribution is 2.48. The molecule has 0 saturated heterocycles. The summed E-state index contributed by atoms with van der Waals surface area (Å²) in [6, 6.07) is 9.42. The van der Waals surface area contributed by atoms with Crippen LogP contribution in [0.15, 0.2) is 24.3 Å². The Labute approximate surface area is 134 Å². The molecule has 0 amide bonds. The molecule has 2 atom stereocenters. The molecule has 2 bridgehead atoms. The van der Waals surface area contributed by atoms with Gasteiger partial charge < -0.3 is 16.4 Å². The number of nitrogens with two attached hydrogens (primary N) is 1. The Bertz CT molecular complexity index is 414. The molecule has 3 aliphatic rings. The molecule has 3 nitrogen and oxygen atoms in total. The van der Waals surface area contributed by atoms with Crippen molar-refractivity contribution in [3.05, 3.63) is 35.4 Å². The first-order valence-corrected chi connectivity index (χ1v) is 8.09. The third-order valence-electron chi connectivity index (χ3n) is 5.03. The second-order valence-corrected chi connectivity index (χ2v) is 6.36. The molecule has 1 aromatic rings. The van der Waals surface area contributed by atoms with Crippen molar-refractivity contribution in [1.82, 2.24) is 10.6 Å². The van der Waals surface area contributed by atoms with E-state index in [9.17, 15) is 0 Å². The van der Waals surface area contributed by atoms with Gasteiger partial charge in [0.15, 0.2) is 0 Å². The lowest BCUT2D eigenvalue weighted by molar-refractivity contribution is 0.193. The van der Waals surface area contributed by atoms with Crippen molar-refractivity contribution in [2.24, 2.45) is 17.6 Å². The zero-order valence-corrected chi connectivity index (χ0v) is 12.3. The van der Waals surface area contributed by atoms with E-state index < -0.39 is 0 Å². The average molecular weight is 296 g/mol. The van der Waals surface area contributed by atoms with Crippen molar-refractivity contribution < 1.29 is 4.28 Å². The van der Waals surface area contributed by atoms with Crippen molar-refractivity contribution in [2.45, 2.75) is 52.2 Å². The molecule has 4 N–H and O–H groups in total. The van der Waals surface area contributed by atoms with Crippen LogP contribution >= 0.6 is 0 Å². The third-order valence-corrected chi connectivity index (χ3v) is 5.03. The molecular weight excluding hydrogens is 258 g/mol. The van der Waals surface area contributed by atoms with E-state index in [4.69, 9.17) is 5.73 Å². The summed E-state index contributed by atoms with van der Waals surface area (Å²) in [5, 5.41) is 7.26. The smallest absolute Gasteiger partial charge is 0.0205 e. The maximum atomic E-state index is 5.60. The Morgan fingerprint density at radius 2 is 1.71 bits per heavy atom. The van der Waals surface area contributed by atoms with Crippen molar-refractivity contribution in [3.63, 3.8) is 0 Å². The standard InChI is InChI=1S/C17H27N3.CH4.3H2/c18-11-13-2-4-14(5-3-13)12-19-8-1-9-20-17-15-6-7-16(17)10-15;;;;/h2-5,15-17,19-20H,1,6-12,18H2;1H4;3*1H. The SMILES string of the molecule is C.NCc1ccc(CNCCCNC2C3CCC2C3)cc1.[HH].[HH].[HH]. The van der Waals surface area contributed by atoms with Gasteiger partial charge in [-0.05, 0) is 61.7 Å². The van der Waals surface area contributed by atoms with Gasteiger partial charge in [0.1, 0.15) is 0 Å². The molecule has 1 aromatic carbocycles. The summed E-state index contributed by atoms with van der Waals surface area (Å²) in [5.74, 6) is 2.02. The van der Waals surface area contributed by atoms with Gasteiger partial charge in [-0.1, -0.05) is 31.7 Å². The summed E-state index contributed by atoms with van der Waals surface area (Å²) in [7, 11) is 0. The number of rotatable bonds is 8. The molecule has 3 saturated carbocycles. The lowest BCUT2D eigenvalue weighted by Crippen LogP contribution is -2.46. The molecule has 3 fully saturated rings. The molecule has 2 unspecified atom stereocenters. The summed E-state index contributed by atoms with van der Waals surface area (Å²) in [5.41, 5.74) is 8.14. The molecule has 0 radical (unpaired) electrons. The lowest BCUT2D eigenvalue weighted by Gasteiger charge is -2.36. The predicted molar refractivity (Wildman–Crippen MR) is 96.4 cm³/mol. The van der Waals surface area contributed by atoms with E-state index in [-0.39, 0.29) is 11.7 Å². The van der Waals surface area contributed by atoms with Gasteiger partial charge in [-0.2, -0.15) is 0 Å². The second kappa shape index (κ2) is 7.92. The van der Waals surface area contributed by atoms with Crippen molar-refractivity contribution in [3.8, 4) is 0 Å². The van der Waals surface area contributed by atoms with Crippen molar-refractivity contribution in [2.75, 3.05) is 13.1 Å². The molecule has 0 heterocycles. The second-order valence-electron chi connectivity index (χ2n) is 6.36. The molecular formula is C18H37N3. The van der Waals surface area contributed by atoms with Crippen LogP contribution < -0.4 is 16.4 Å². The number of nitrogens with one attached hydrogen (secondary N) is 2. The third kappa shape index (κ3) is 4.06. The highest BCUT2D eigenvalue weighted by molar-refractivity contribution is 5.22. The fourth-order valence-electron chi connectivity index (χ4n) is 3.74. The van der Waals surface area contributed by atoms with E-state index in [0.717, 1.165) is 37.5 Å². The highest BCUT2D eigenvalue weighted by Gasteiger charge is 2.45. The highest BCUT2D eigenvalue weighted by atomic mass is 15.0. The van der Waals surface area contributed by atoms with Crippen LogP contribution in [0.2, 0.25) is 0 Å². The van der Waals surface area contributed by atoms with Gasteiger partial charge in [0.25, 0.3) is 0 Å². The zero-order valence-electron chi connectivity index (χ0n) is 12.3. The van der Waals surface area contributed by atoms with E-state index >= 15 is 0 Å². The van der Waals surface area contributed by atoms with Crippen LogP contribution in [0.4, 0.5) is 0 Å². The minimum Gasteiger partial charge on any atom is -0.326 e. The Morgan fingerprint density at radius 1 is 1.05 bits per heavy atom. The molecule has 0 aliphatic heterocycles. The Kier molecular flexibility index (Phi) is 6.22. The van der Waals surface area contributed by atoms with Crippen molar-refractivity contribution in [1.29, 1.82) is 0 Å². The Morgan fingerprint density at radius 3 is 2.33 bits per heavy atom. The first-order chi connectivity index (χ1) is 9.86. The van der Waals surface area contributed by atoms with Gasteiger partial charge in [-0.3, -0.25) is 0 Å². The maximum absolute atomic E-state index is 5.60. The summed E-state index contributed by atoms with van der Waals surface area (Å²) in [6.07, 6.45) is 5.66. The number of fused-ring (bicyclic) bond motifs is 1. The van der Waals surface area contributed by atoms with Gasteiger partial charge in [0, 0.05) is 23.4 Å². The normalized spacial score (nSPS) is 26.2. The topological polar surface area (TPSA) is 50.1 Å². The quantitative estimate of drug-likeness (QED) is 0.644. The van der Waals surface area contributed by atoms with Crippen LogP contribution in [-0.2, 0) is 13.1 Å². The number of hydrogen-bond acceptors (Lipinski definition) is 3. The van der Waals surface area contributed by atoms with E-state index in [1.54, 1.807) is 0 Å².